The van der Waals surface area contributed by atoms with Gasteiger partial charge in [0.25, 0.3) is 0 Å². The molecule has 0 bridgehead atoms. The molecule has 0 amide bonds. The molecule has 0 radical (unpaired) electrons. The van der Waals surface area contributed by atoms with Gasteiger partial charge in [0.1, 0.15) is 0 Å². The van der Waals surface area contributed by atoms with Gasteiger partial charge in [-0.2, -0.15) is 0 Å². The first-order chi connectivity index (χ1) is 5.08. The SMILES string of the molecule is CCC1CC1(C)C.CCNC. The van der Waals surface area contributed by atoms with Crippen molar-refractivity contribution in [3.05, 3.63) is 0 Å². The van der Waals surface area contributed by atoms with Crippen molar-refractivity contribution in [1.82, 2.24) is 5.32 Å². The predicted octanol–water partition coefficient (Wildman–Crippen LogP) is 2.67. The van der Waals surface area contributed by atoms with Crippen LogP contribution < -0.4 is 5.32 Å². The molecule has 68 valence electrons. The zero-order valence-corrected chi connectivity index (χ0v) is 8.70. The highest BCUT2D eigenvalue weighted by Gasteiger charge is 2.43. The van der Waals surface area contributed by atoms with Crippen molar-refractivity contribution in [2.24, 2.45) is 11.3 Å². The van der Waals surface area contributed by atoms with Crippen LogP contribution in [0.2, 0.25) is 0 Å². The second-order valence-corrected chi connectivity index (χ2v) is 4.00. The lowest BCUT2D eigenvalue weighted by molar-refractivity contribution is 0.549. The van der Waals surface area contributed by atoms with Gasteiger partial charge in [0.2, 0.25) is 0 Å². The molecule has 1 rings (SSSR count). The summed E-state index contributed by atoms with van der Waals surface area (Å²) in [5.41, 5.74) is 0.717. The molecule has 1 aliphatic carbocycles. The van der Waals surface area contributed by atoms with Crippen molar-refractivity contribution in [3.8, 4) is 0 Å². The van der Waals surface area contributed by atoms with E-state index >= 15 is 0 Å². The fourth-order valence-electron chi connectivity index (χ4n) is 1.27. The standard InChI is InChI=1S/C7H14.C3H9N/c1-4-6-5-7(6,2)3;1-3-4-2/h6H,4-5H2,1-3H3;4H,3H2,1-2H3. The van der Waals surface area contributed by atoms with Crippen LogP contribution in [0.5, 0.6) is 0 Å². The van der Waals surface area contributed by atoms with Gasteiger partial charge in [-0.3, -0.25) is 0 Å². The highest BCUT2D eigenvalue weighted by Crippen LogP contribution is 2.53. The first-order valence-corrected chi connectivity index (χ1v) is 4.73. The summed E-state index contributed by atoms with van der Waals surface area (Å²) < 4.78 is 0. The Labute approximate surface area is 71.6 Å². The van der Waals surface area contributed by atoms with Crippen molar-refractivity contribution < 1.29 is 0 Å². The molecule has 1 heteroatoms. The molecule has 1 nitrogen and oxygen atoms in total. The quantitative estimate of drug-likeness (QED) is 0.650. The van der Waals surface area contributed by atoms with E-state index in [1.807, 2.05) is 7.05 Å². The number of hydrogen-bond acceptors (Lipinski definition) is 1. The Bertz CT molecular complexity index is 95.0. The average Bonchev–Trinajstić information content (AvgIpc) is 2.60. The molecule has 0 heterocycles. The van der Waals surface area contributed by atoms with Crippen LogP contribution in [0, 0.1) is 11.3 Å². The second-order valence-electron chi connectivity index (χ2n) is 4.00. The van der Waals surface area contributed by atoms with Crippen LogP contribution in [0.25, 0.3) is 0 Å². The molecule has 0 aliphatic heterocycles. The van der Waals surface area contributed by atoms with E-state index in [1.54, 1.807) is 0 Å². The minimum atomic E-state index is 0.717. The Hall–Kier alpha value is -0.0400. The summed E-state index contributed by atoms with van der Waals surface area (Å²) in [4.78, 5) is 0. The topological polar surface area (TPSA) is 12.0 Å². The van der Waals surface area contributed by atoms with Crippen molar-refractivity contribution in [2.75, 3.05) is 13.6 Å². The van der Waals surface area contributed by atoms with Gasteiger partial charge >= 0.3 is 0 Å². The summed E-state index contributed by atoms with van der Waals surface area (Å²) in [7, 11) is 1.93. The summed E-state index contributed by atoms with van der Waals surface area (Å²) in [6.45, 7) is 10.1. The van der Waals surface area contributed by atoms with Gasteiger partial charge in [0.15, 0.2) is 0 Å². The van der Waals surface area contributed by atoms with Gasteiger partial charge in [0, 0.05) is 0 Å². The number of nitrogens with one attached hydrogen (secondary N) is 1. The number of hydrogen-bond donors (Lipinski definition) is 1. The lowest BCUT2D eigenvalue weighted by Crippen LogP contribution is -2.01. The largest absolute Gasteiger partial charge is 0.320 e. The molecule has 0 spiro atoms. The highest BCUT2D eigenvalue weighted by molar-refractivity contribution is 4.93. The highest BCUT2D eigenvalue weighted by atomic mass is 14.8. The Morgan fingerprint density at radius 2 is 1.73 bits per heavy atom. The van der Waals surface area contributed by atoms with Gasteiger partial charge in [-0.1, -0.05) is 34.1 Å². The molecule has 0 aromatic carbocycles. The van der Waals surface area contributed by atoms with Crippen LogP contribution in [-0.4, -0.2) is 13.6 Å². The van der Waals surface area contributed by atoms with Gasteiger partial charge in [-0.05, 0) is 31.3 Å². The summed E-state index contributed by atoms with van der Waals surface area (Å²) in [6.07, 6.45) is 2.84. The lowest BCUT2D eigenvalue weighted by Gasteiger charge is -1.95. The predicted molar refractivity (Wildman–Crippen MR) is 51.8 cm³/mol. The van der Waals surface area contributed by atoms with E-state index in [9.17, 15) is 0 Å². The lowest BCUT2D eigenvalue weighted by atomic mass is 10.1. The van der Waals surface area contributed by atoms with Crippen LogP contribution in [0.4, 0.5) is 0 Å². The minimum absolute atomic E-state index is 0.717. The minimum Gasteiger partial charge on any atom is -0.320 e. The van der Waals surface area contributed by atoms with Gasteiger partial charge < -0.3 is 5.32 Å². The summed E-state index contributed by atoms with van der Waals surface area (Å²) >= 11 is 0. The van der Waals surface area contributed by atoms with Crippen LogP contribution in [-0.2, 0) is 0 Å². The molecule has 1 saturated carbocycles. The van der Waals surface area contributed by atoms with E-state index in [-0.39, 0.29) is 0 Å². The summed E-state index contributed by atoms with van der Waals surface area (Å²) in [6, 6.07) is 0. The monoisotopic (exact) mass is 157 g/mol. The summed E-state index contributed by atoms with van der Waals surface area (Å²) in [5.74, 6) is 1.05. The molecule has 11 heavy (non-hydrogen) atoms. The van der Waals surface area contributed by atoms with Gasteiger partial charge in [-0.25, -0.2) is 0 Å². The first kappa shape index (κ1) is 11.0. The van der Waals surface area contributed by atoms with E-state index in [0.717, 1.165) is 17.9 Å². The Morgan fingerprint density at radius 1 is 1.36 bits per heavy atom. The molecule has 0 saturated heterocycles. The van der Waals surface area contributed by atoms with Crippen LogP contribution >= 0.6 is 0 Å². The van der Waals surface area contributed by atoms with E-state index in [0.29, 0.717) is 0 Å². The third kappa shape index (κ3) is 4.41. The third-order valence-corrected chi connectivity index (χ3v) is 2.56. The Balaban J connectivity index is 0.000000218. The first-order valence-electron chi connectivity index (χ1n) is 4.73. The zero-order chi connectivity index (χ0) is 8.91. The van der Waals surface area contributed by atoms with Crippen molar-refractivity contribution >= 4 is 0 Å². The van der Waals surface area contributed by atoms with Crippen LogP contribution in [0.1, 0.15) is 40.5 Å². The van der Waals surface area contributed by atoms with Crippen molar-refractivity contribution in [3.63, 3.8) is 0 Å². The van der Waals surface area contributed by atoms with Crippen molar-refractivity contribution in [2.45, 2.75) is 40.5 Å². The Kier molecular flexibility index (Phi) is 4.74. The Morgan fingerprint density at radius 3 is 1.73 bits per heavy atom. The maximum absolute atomic E-state index is 2.93. The summed E-state index contributed by atoms with van der Waals surface area (Å²) in [5, 5.41) is 2.93. The molecular weight excluding hydrogens is 134 g/mol. The van der Waals surface area contributed by atoms with Gasteiger partial charge in [0.05, 0.1) is 0 Å². The van der Waals surface area contributed by atoms with Crippen LogP contribution in [0.3, 0.4) is 0 Å². The molecule has 1 aliphatic rings. The van der Waals surface area contributed by atoms with E-state index in [4.69, 9.17) is 0 Å². The molecular formula is C10H23N. The molecule has 1 atom stereocenters. The molecule has 1 N–H and O–H groups in total. The molecule has 1 unspecified atom stereocenters. The fourth-order valence-corrected chi connectivity index (χ4v) is 1.27. The smallest absolute Gasteiger partial charge is 0.00804 e. The zero-order valence-electron chi connectivity index (χ0n) is 8.70. The van der Waals surface area contributed by atoms with Crippen LogP contribution in [0.15, 0.2) is 0 Å². The van der Waals surface area contributed by atoms with Crippen molar-refractivity contribution in [1.29, 1.82) is 0 Å². The van der Waals surface area contributed by atoms with E-state index in [1.165, 1.54) is 12.8 Å². The number of rotatable bonds is 2. The van der Waals surface area contributed by atoms with E-state index < -0.39 is 0 Å². The van der Waals surface area contributed by atoms with E-state index in [2.05, 4.69) is 33.0 Å². The second kappa shape index (κ2) is 4.76. The normalized spacial score (nSPS) is 25.4. The maximum atomic E-state index is 2.93. The molecule has 1 fully saturated rings. The van der Waals surface area contributed by atoms with Gasteiger partial charge in [-0.15, -0.1) is 0 Å². The fraction of sp³-hybridized carbons (Fsp3) is 1.00. The third-order valence-electron chi connectivity index (χ3n) is 2.56. The average molecular weight is 157 g/mol. The molecule has 0 aromatic heterocycles. The molecule has 0 aromatic rings. The maximum Gasteiger partial charge on any atom is -0.00804 e.